The van der Waals surface area contributed by atoms with Gasteiger partial charge in [0.15, 0.2) is 0 Å². The van der Waals surface area contributed by atoms with Crippen LogP contribution in [-0.4, -0.2) is 23.2 Å². The zero-order valence-corrected chi connectivity index (χ0v) is 13.6. The predicted octanol–water partition coefficient (Wildman–Crippen LogP) is 2.65. The lowest BCUT2D eigenvalue weighted by Gasteiger charge is -2.38. The van der Waals surface area contributed by atoms with Crippen LogP contribution in [0.4, 0.5) is 5.69 Å². The highest BCUT2D eigenvalue weighted by Crippen LogP contribution is 2.40. The van der Waals surface area contributed by atoms with Gasteiger partial charge in [-0.25, -0.2) is 4.99 Å². The minimum atomic E-state index is -1.12. The van der Waals surface area contributed by atoms with E-state index in [9.17, 15) is 9.90 Å². The Morgan fingerprint density at radius 2 is 2.00 bits per heavy atom. The summed E-state index contributed by atoms with van der Waals surface area (Å²) in [5.41, 5.74) is 2.87. The molecule has 0 saturated carbocycles. The van der Waals surface area contributed by atoms with Crippen LogP contribution in [0.3, 0.4) is 0 Å². The van der Waals surface area contributed by atoms with Gasteiger partial charge in [0.1, 0.15) is 5.84 Å². The van der Waals surface area contributed by atoms with Gasteiger partial charge in [-0.15, -0.1) is 0 Å². The quantitative estimate of drug-likeness (QED) is 0.848. The number of carboxylic acids is 1. The van der Waals surface area contributed by atoms with Crippen LogP contribution in [-0.2, 0) is 4.79 Å². The first-order chi connectivity index (χ1) is 10.6. The maximum absolute atomic E-state index is 11.2. The van der Waals surface area contributed by atoms with Crippen LogP contribution in [0.25, 0.3) is 0 Å². The molecule has 1 atom stereocenters. The maximum atomic E-state index is 11.2. The SMILES string of the molecule is CC1=Nc2ccc(Br)cc2[C@H](c2ccccc2)N1CC(=O)[O-]. The zero-order chi connectivity index (χ0) is 15.7. The van der Waals surface area contributed by atoms with Crippen LogP contribution >= 0.6 is 15.9 Å². The van der Waals surface area contributed by atoms with E-state index in [4.69, 9.17) is 0 Å². The number of carbonyl (C=O) groups is 1. The van der Waals surface area contributed by atoms with Gasteiger partial charge < -0.3 is 14.8 Å². The minimum absolute atomic E-state index is 0.191. The highest BCUT2D eigenvalue weighted by molar-refractivity contribution is 9.10. The summed E-state index contributed by atoms with van der Waals surface area (Å²) in [6, 6.07) is 15.5. The summed E-state index contributed by atoms with van der Waals surface area (Å²) in [6.45, 7) is 1.63. The lowest BCUT2D eigenvalue weighted by molar-refractivity contribution is -0.305. The van der Waals surface area contributed by atoms with E-state index in [1.165, 1.54) is 0 Å². The molecule has 0 bridgehead atoms. The third kappa shape index (κ3) is 2.76. The summed E-state index contributed by atoms with van der Waals surface area (Å²) in [5.74, 6) is -0.443. The zero-order valence-electron chi connectivity index (χ0n) is 12.0. The molecule has 0 fully saturated rings. The molecule has 0 amide bonds. The summed E-state index contributed by atoms with van der Waals surface area (Å²) in [7, 11) is 0. The summed E-state index contributed by atoms with van der Waals surface area (Å²) in [6.07, 6.45) is 0. The van der Waals surface area contributed by atoms with Crippen molar-refractivity contribution in [1.82, 2.24) is 4.90 Å². The van der Waals surface area contributed by atoms with Crippen molar-refractivity contribution in [3.63, 3.8) is 0 Å². The number of hydrogen-bond acceptors (Lipinski definition) is 4. The molecule has 2 aromatic carbocycles. The smallest absolute Gasteiger partial charge is 0.103 e. The third-order valence-electron chi connectivity index (χ3n) is 3.71. The topological polar surface area (TPSA) is 55.7 Å². The Kier molecular flexibility index (Phi) is 3.98. The second-order valence-electron chi connectivity index (χ2n) is 5.18. The molecule has 0 unspecified atom stereocenters. The lowest BCUT2D eigenvalue weighted by atomic mass is 9.94. The van der Waals surface area contributed by atoms with Crippen LogP contribution in [0.2, 0.25) is 0 Å². The monoisotopic (exact) mass is 357 g/mol. The highest BCUT2D eigenvalue weighted by Gasteiger charge is 2.29. The predicted molar refractivity (Wildman–Crippen MR) is 86.9 cm³/mol. The fourth-order valence-corrected chi connectivity index (χ4v) is 3.16. The second kappa shape index (κ2) is 5.93. The molecule has 0 saturated heterocycles. The number of fused-ring (bicyclic) bond motifs is 1. The Bertz CT molecular complexity index is 744. The number of carbonyl (C=O) groups excluding carboxylic acids is 1. The van der Waals surface area contributed by atoms with E-state index in [2.05, 4.69) is 20.9 Å². The molecule has 0 N–H and O–H groups in total. The standard InChI is InChI=1S/C17H15BrN2O2/c1-11-19-15-8-7-13(18)9-14(15)17(20(11)10-16(21)22)12-5-3-2-4-6-12/h2-9,17H,10H2,1H3,(H,21,22)/p-1/t17-/m0/s1. The van der Waals surface area contributed by atoms with Crippen LogP contribution in [0.15, 0.2) is 58.0 Å². The van der Waals surface area contributed by atoms with E-state index < -0.39 is 5.97 Å². The van der Waals surface area contributed by atoms with Crippen molar-refractivity contribution >= 4 is 33.4 Å². The van der Waals surface area contributed by atoms with Gasteiger partial charge in [0.25, 0.3) is 0 Å². The minimum Gasteiger partial charge on any atom is -0.548 e. The van der Waals surface area contributed by atoms with Gasteiger partial charge in [0, 0.05) is 10.0 Å². The van der Waals surface area contributed by atoms with Crippen LogP contribution in [0, 0.1) is 0 Å². The molecule has 0 spiro atoms. The molecule has 0 aliphatic carbocycles. The first-order valence-corrected chi connectivity index (χ1v) is 7.72. The van der Waals surface area contributed by atoms with E-state index in [-0.39, 0.29) is 12.6 Å². The molecule has 1 aliphatic heterocycles. The number of halogens is 1. The average Bonchev–Trinajstić information content (AvgIpc) is 2.49. The van der Waals surface area contributed by atoms with Crippen LogP contribution < -0.4 is 5.11 Å². The van der Waals surface area contributed by atoms with Crippen molar-refractivity contribution in [3.05, 3.63) is 64.1 Å². The number of hydrogen-bond donors (Lipinski definition) is 0. The van der Waals surface area contributed by atoms with Crippen molar-refractivity contribution in [2.24, 2.45) is 4.99 Å². The third-order valence-corrected chi connectivity index (χ3v) is 4.20. The number of aliphatic imine (C=N–C) groups is 1. The summed E-state index contributed by atoms with van der Waals surface area (Å²) >= 11 is 3.48. The lowest BCUT2D eigenvalue weighted by Crippen LogP contribution is -2.44. The van der Waals surface area contributed by atoms with Crippen molar-refractivity contribution in [1.29, 1.82) is 0 Å². The van der Waals surface area contributed by atoms with Crippen LogP contribution in [0.1, 0.15) is 24.1 Å². The Hall–Kier alpha value is -2.14. The van der Waals surface area contributed by atoms with Crippen molar-refractivity contribution in [2.75, 3.05) is 6.54 Å². The van der Waals surface area contributed by atoms with Gasteiger partial charge in [0.2, 0.25) is 0 Å². The second-order valence-corrected chi connectivity index (χ2v) is 6.09. The number of rotatable bonds is 3. The van der Waals surface area contributed by atoms with Crippen molar-refractivity contribution < 1.29 is 9.90 Å². The largest absolute Gasteiger partial charge is 0.548 e. The molecule has 112 valence electrons. The number of benzene rings is 2. The first kappa shape index (κ1) is 14.8. The van der Waals surface area contributed by atoms with Crippen molar-refractivity contribution in [3.8, 4) is 0 Å². The molecule has 22 heavy (non-hydrogen) atoms. The molecular formula is C17H14BrN2O2-. The van der Waals surface area contributed by atoms with Crippen LogP contribution in [0.5, 0.6) is 0 Å². The van der Waals surface area contributed by atoms with Gasteiger partial charge in [-0.2, -0.15) is 0 Å². The molecule has 1 heterocycles. The molecule has 0 radical (unpaired) electrons. The van der Waals surface area contributed by atoms with Gasteiger partial charge in [-0.05, 0) is 30.7 Å². The molecule has 3 rings (SSSR count). The molecule has 0 aromatic heterocycles. The van der Waals surface area contributed by atoms with E-state index >= 15 is 0 Å². The summed E-state index contributed by atoms with van der Waals surface area (Å²) in [4.78, 5) is 17.4. The summed E-state index contributed by atoms with van der Waals surface area (Å²) in [5, 5.41) is 11.2. The molecule has 2 aromatic rings. The number of amidine groups is 1. The Morgan fingerprint density at radius 1 is 1.27 bits per heavy atom. The van der Waals surface area contributed by atoms with Gasteiger partial charge in [0.05, 0.1) is 24.2 Å². The highest BCUT2D eigenvalue weighted by atomic mass is 79.9. The number of aliphatic carboxylic acids is 1. The van der Waals surface area contributed by atoms with Gasteiger partial charge >= 0.3 is 0 Å². The number of nitrogens with zero attached hydrogens (tertiary/aromatic N) is 2. The Labute approximate surface area is 137 Å². The number of carboxylic acid groups (broad SMARTS) is 1. The Balaban J connectivity index is 2.17. The normalized spacial score (nSPS) is 16.9. The van der Waals surface area contributed by atoms with Gasteiger partial charge in [-0.1, -0.05) is 46.3 Å². The molecular weight excluding hydrogens is 344 g/mol. The van der Waals surface area contributed by atoms with E-state index in [0.29, 0.717) is 5.84 Å². The fraction of sp³-hybridized carbons (Fsp3) is 0.176. The molecule has 1 aliphatic rings. The van der Waals surface area contributed by atoms with E-state index in [0.717, 1.165) is 21.3 Å². The first-order valence-electron chi connectivity index (χ1n) is 6.92. The fourth-order valence-electron chi connectivity index (χ4n) is 2.78. The van der Waals surface area contributed by atoms with E-state index in [1.807, 2.05) is 55.5 Å². The van der Waals surface area contributed by atoms with Crippen molar-refractivity contribution in [2.45, 2.75) is 13.0 Å². The molecule has 4 nitrogen and oxygen atoms in total. The molecule has 5 heteroatoms. The Morgan fingerprint density at radius 3 is 2.68 bits per heavy atom. The average molecular weight is 358 g/mol. The summed E-state index contributed by atoms with van der Waals surface area (Å²) < 4.78 is 0.940. The van der Waals surface area contributed by atoms with Gasteiger partial charge in [-0.3, -0.25) is 0 Å². The maximum Gasteiger partial charge on any atom is 0.103 e. The van der Waals surface area contributed by atoms with E-state index in [1.54, 1.807) is 4.90 Å².